The Labute approximate surface area is 187 Å². The summed E-state index contributed by atoms with van der Waals surface area (Å²) in [5.41, 5.74) is 0.217. The van der Waals surface area contributed by atoms with Crippen LogP contribution in [0.2, 0.25) is 0 Å². The predicted octanol–water partition coefficient (Wildman–Crippen LogP) is 1.30. The zero-order valence-electron chi connectivity index (χ0n) is 19.2. The number of aliphatic hydroxyl groups excluding tert-OH is 3. The number of carbonyl (C=O) groups is 2. The highest BCUT2D eigenvalue weighted by Gasteiger charge is 2.46. The molecule has 0 bridgehead atoms. The van der Waals surface area contributed by atoms with Crippen molar-refractivity contribution in [2.75, 3.05) is 5.32 Å². The van der Waals surface area contributed by atoms with Gasteiger partial charge >= 0.3 is 5.97 Å². The second-order valence-corrected chi connectivity index (χ2v) is 9.73. The zero-order chi connectivity index (χ0) is 24.3. The van der Waals surface area contributed by atoms with E-state index in [1.54, 1.807) is 39.0 Å². The number of benzene rings is 1. The largest absolute Gasteiger partial charge is 0.460 e. The molecular weight excluding hydrogens is 422 g/mol. The van der Waals surface area contributed by atoms with Crippen molar-refractivity contribution in [1.29, 1.82) is 0 Å². The van der Waals surface area contributed by atoms with Gasteiger partial charge in [-0.2, -0.15) is 0 Å². The van der Waals surface area contributed by atoms with Gasteiger partial charge in [0.2, 0.25) is 12.6 Å². The molecule has 10 nitrogen and oxygen atoms in total. The van der Waals surface area contributed by atoms with E-state index in [1.807, 2.05) is 20.8 Å². The molecule has 0 spiro atoms. The number of anilines is 1. The number of esters is 1. The quantitative estimate of drug-likeness (QED) is 0.351. The summed E-state index contributed by atoms with van der Waals surface area (Å²) in [6, 6.07) is 5.01. The minimum Gasteiger partial charge on any atom is -0.460 e. The first-order chi connectivity index (χ1) is 14.7. The fraction of sp³-hybridized carbons (Fsp3) is 0.636. The molecule has 1 aromatic carbocycles. The lowest BCUT2D eigenvalue weighted by molar-refractivity contribution is -0.321. The molecule has 1 aliphatic rings. The van der Waals surface area contributed by atoms with E-state index in [2.05, 4.69) is 10.1 Å². The van der Waals surface area contributed by atoms with Crippen molar-refractivity contribution in [1.82, 2.24) is 0 Å². The average Bonchev–Trinajstić information content (AvgIpc) is 2.67. The summed E-state index contributed by atoms with van der Waals surface area (Å²) in [5, 5.41) is 33.5. The van der Waals surface area contributed by atoms with Crippen molar-refractivity contribution in [3.05, 3.63) is 23.8 Å². The van der Waals surface area contributed by atoms with Gasteiger partial charge in [0, 0.05) is 5.54 Å². The van der Waals surface area contributed by atoms with E-state index in [4.69, 9.17) is 14.2 Å². The lowest BCUT2D eigenvalue weighted by atomic mass is 9.97. The minimum atomic E-state index is -1.66. The van der Waals surface area contributed by atoms with Crippen molar-refractivity contribution >= 4 is 18.1 Å². The van der Waals surface area contributed by atoms with Crippen LogP contribution in [0.25, 0.3) is 0 Å². The van der Waals surface area contributed by atoms with Gasteiger partial charge in [0.25, 0.3) is 6.47 Å². The first-order valence-electron chi connectivity index (χ1n) is 10.3. The van der Waals surface area contributed by atoms with Gasteiger partial charge in [-0.25, -0.2) is 0 Å². The predicted molar refractivity (Wildman–Crippen MR) is 114 cm³/mol. The van der Waals surface area contributed by atoms with Gasteiger partial charge in [-0.1, -0.05) is 6.07 Å². The Hall–Kier alpha value is -2.40. The van der Waals surface area contributed by atoms with E-state index in [0.29, 0.717) is 11.3 Å². The molecule has 0 unspecified atom stereocenters. The first-order valence-corrected chi connectivity index (χ1v) is 10.3. The van der Waals surface area contributed by atoms with Crippen LogP contribution in [0.15, 0.2) is 18.2 Å². The number of hydrogen-bond acceptors (Lipinski definition) is 10. The van der Waals surface area contributed by atoms with E-state index in [9.17, 15) is 24.9 Å². The molecule has 0 amide bonds. The molecule has 1 aromatic rings. The third-order valence-corrected chi connectivity index (χ3v) is 4.49. The van der Waals surface area contributed by atoms with Crippen LogP contribution in [0.5, 0.6) is 5.75 Å². The molecule has 32 heavy (non-hydrogen) atoms. The normalized spacial score (nSPS) is 26.2. The van der Waals surface area contributed by atoms with Gasteiger partial charge in [0.15, 0.2) is 0 Å². The van der Waals surface area contributed by atoms with Crippen LogP contribution in [0, 0.1) is 5.41 Å². The zero-order valence-corrected chi connectivity index (χ0v) is 19.2. The lowest BCUT2D eigenvalue weighted by Gasteiger charge is -2.39. The Morgan fingerprint density at radius 2 is 1.69 bits per heavy atom. The van der Waals surface area contributed by atoms with Crippen molar-refractivity contribution in [3.8, 4) is 5.75 Å². The second kappa shape index (κ2) is 10.0. The number of aliphatic hydroxyl groups is 3. The Morgan fingerprint density at radius 3 is 2.25 bits per heavy atom. The molecule has 0 radical (unpaired) electrons. The summed E-state index contributed by atoms with van der Waals surface area (Å²) in [5.74, 6) is -0.0704. The van der Waals surface area contributed by atoms with Crippen LogP contribution in [0.1, 0.15) is 47.1 Å². The van der Waals surface area contributed by atoms with Crippen molar-refractivity contribution in [2.24, 2.45) is 5.41 Å². The van der Waals surface area contributed by atoms with Crippen LogP contribution in [-0.4, -0.2) is 64.2 Å². The molecule has 4 N–H and O–H groups in total. The Bertz CT molecular complexity index is 800. The Kier molecular flexibility index (Phi) is 8.11. The van der Waals surface area contributed by atoms with Gasteiger partial charge < -0.3 is 34.8 Å². The van der Waals surface area contributed by atoms with E-state index in [-0.39, 0.29) is 30.3 Å². The molecule has 1 aliphatic heterocycles. The topological polar surface area (TPSA) is 144 Å². The maximum absolute atomic E-state index is 12.1. The Balaban J connectivity index is 2.25. The lowest BCUT2D eigenvalue weighted by Crippen LogP contribution is -2.59. The Morgan fingerprint density at radius 1 is 1.06 bits per heavy atom. The first kappa shape index (κ1) is 25.9. The molecule has 5 atom stereocenters. The maximum atomic E-state index is 12.1. The smallest absolute Gasteiger partial charge is 0.311 e. The van der Waals surface area contributed by atoms with Crippen LogP contribution < -0.4 is 10.1 Å². The van der Waals surface area contributed by atoms with Crippen LogP contribution in [0.3, 0.4) is 0 Å². The number of ether oxygens (including phenoxy) is 4. The minimum absolute atomic E-state index is 0.0535. The SMILES string of the molecule is CC(C)(C)Nc1cc(COC(=O)C(C)(C)C)ccc1O[C@@H]1O[C@H](OC=O)[C@@H](O)[C@H](O)[C@H]1O. The van der Waals surface area contributed by atoms with E-state index < -0.39 is 36.3 Å². The molecule has 0 aliphatic carbocycles. The molecule has 2 rings (SSSR count). The van der Waals surface area contributed by atoms with Gasteiger partial charge in [0.05, 0.1) is 11.1 Å². The van der Waals surface area contributed by atoms with Gasteiger partial charge in [-0.15, -0.1) is 0 Å². The molecule has 0 aromatic heterocycles. The van der Waals surface area contributed by atoms with Crippen molar-refractivity contribution < 1.29 is 43.9 Å². The summed E-state index contributed by atoms with van der Waals surface area (Å²) >= 11 is 0. The fourth-order valence-electron chi connectivity index (χ4n) is 2.84. The van der Waals surface area contributed by atoms with Crippen LogP contribution >= 0.6 is 0 Å². The van der Waals surface area contributed by atoms with Crippen molar-refractivity contribution in [3.63, 3.8) is 0 Å². The monoisotopic (exact) mass is 455 g/mol. The third kappa shape index (κ3) is 6.80. The van der Waals surface area contributed by atoms with Gasteiger partial charge in [0.1, 0.15) is 30.7 Å². The summed E-state index contributed by atoms with van der Waals surface area (Å²) < 4.78 is 21.1. The molecule has 180 valence electrons. The highest BCUT2D eigenvalue weighted by molar-refractivity contribution is 5.75. The number of nitrogens with one attached hydrogen (secondary N) is 1. The molecule has 0 saturated carbocycles. The highest BCUT2D eigenvalue weighted by Crippen LogP contribution is 2.33. The summed E-state index contributed by atoms with van der Waals surface area (Å²) in [4.78, 5) is 22.7. The molecular formula is C22H33NO9. The summed E-state index contributed by atoms with van der Waals surface area (Å²) in [6.45, 7) is 11.2. The standard InChI is InChI=1S/C22H33NO9/c1-21(2,3)20(28)29-10-12-7-8-14(13(9-12)23-22(4,5)6)31-19-17(27)15(25)16(26)18(32-19)30-11-24/h7-9,11,15-19,23,25-27H,10H2,1-6H3/t15-,16-,17+,18-,19+/m0/s1. The van der Waals surface area contributed by atoms with Gasteiger partial charge in [-0.3, -0.25) is 14.3 Å². The van der Waals surface area contributed by atoms with Crippen molar-refractivity contribution in [2.45, 2.75) is 84.6 Å². The number of rotatable bonds is 7. The van der Waals surface area contributed by atoms with Gasteiger partial charge in [-0.05, 0) is 59.2 Å². The molecule has 10 heteroatoms. The van der Waals surface area contributed by atoms with E-state index >= 15 is 0 Å². The fourth-order valence-corrected chi connectivity index (χ4v) is 2.84. The number of carbonyl (C=O) groups excluding carboxylic acids is 2. The van der Waals surface area contributed by atoms with Crippen LogP contribution in [0.4, 0.5) is 5.69 Å². The van der Waals surface area contributed by atoms with E-state index in [0.717, 1.165) is 0 Å². The molecule has 1 fully saturated rings. The van der Waals surface area contributed by atoms with Crippen LogP contribution in [-0.2, 0) is 30.4 Å². The molecule has 1 saturated heterocycles. The summed E-state index contributed by atoms with van der Waals surface area (Å²) in [6.07, 6.45) is -7.84. The highest BCUT2D eigenvalue weighted by atomic mass is 16.8. The maximum Gasteiger partial charge on any atom is 0.311 e. The third-order valence-electron chi connectivity index (χ3n) is 4.49. The summed E-state index contributed by atoms with van der Waals surface area (Å²) in [7, 11) is 0. The van der Waals surface area contributed by atoms with E-state index in [1.165, 1.54) is 0 Å². The molecule has 1 heterocycles. The average molecular weight is 456 g/mol. The number of hydrogen-bond donors (Lipinski definition) is 4. The second-order valence-electron chi connectivity index (χ2n) is 9.73.